The fraction of sp³-hybridized carbons (Fsp3) is 0.800. The molecule has 1 aliphatic heterocycles. The summed E-state index contributed by atoms with van der Waals surface area (Å²) in [4.78, 5) is 16.0. The fourth-order valence-electron chi connectivity index (χ4n) is 1.88. The summed E-state index contributed by atoms with van der Waals surface area (Å²) in [5.74, 6) is -0.965. The van der Waals surface area contributed by atoms with E-state index in [9.17, 15) is 9.90 Å². The van der Waals surface area contributed by atoms with Crippen LogP contribution in [0, 0.1) is 6.57 Å². The van der Waals surface area contributed by atoms with Crippen molar-refractivity contribution in [3.05, 3.63) is 11.4 Å². The van der Waals surface area contributed by atoms with E-state index in [1.54, 1.807) is 0 Å². The van der Waals surface area contributed by atoms with Crippen LogP contribution < -0.4 is 5.11 Å². The lowest BCUT2D eigenvalue weighted by Crippen LogP contribution is -2.50. The van der Waals surface area contributed by atoms with Crippen molar-refractivity contribution in [2.75, 3.05) is 19.6 Å². The van der Waals surface area contributed by atoms with E-state index in [0.29, 0.717) is 19.5 Å². The molecule has 1 saturated heterocycles. The van der Waals surface area contributed by atoms with E-state index in [2.05, 4.69) is 4.85 Å². The van der Waals surface area contributed by atoms with Crippen LogP contribution in [0.5, 0.6) is 0 Å². The lowest BCUT2D eigenvalue weighted by Gasteiger charge is -2.35. The highest BCUT2D eigenvalue weighted by atomic mass is 16.4. The van der Waals surface area contributed by atoms with Gasteiger partial charge in [0.25, 0.3) is 0 Å². The third-order valence-electron chi connectivity index (χ3n) is 2.60. The van der Waals surface area contributed by atoms with Gasteiger partial charge in [0.1, 0.15) is 0 Å². The van der Waals surface area contributed by atoms with Crippen molar-refractivity contribution in [2.24, 2.45) is 0 Å². The second-order valence-corrected chi connectivity index (χ2v) is 3.60. The minimum Gasteiger partial charge on any atom is -0.548 e. The smallest absolute Gasteiger partial charge is 0.215 e. The Labute approximate surface area is 84.3 Å². The van der Waals surface area contributed by atoms with Crippen molar-refractivity contribution in [2.45, 2.75) is 31.7 Å². The van der Waals surface area contributed by atoms with Crippen LogP contribution in [0.3, 0.4) is 0 Å². The maximum absolute atomic E-state index is 10.8. The molecule has 1 fully saturated rings. The van der Waals surface area contributed by atoms with Gasteiger partial charge in [-0.1, -0.05) is 6.42 Å². The lowest BCUT2D eigenvalue weighted by atomic mass is 10.0. The molecule has 0 aromatic carbocycles. The van der Waals surface area contributed by atoms with E-state index in [1.807, 2.05) is 4.90 Å². The number of hydrogen-bond donors (Lipinski definition) is 0. The zero-order valence-corrected chi connectivity index (χ0v) is 8.24. The number of piperidine rings is 1. The van der Waals surface area contributed by atoms with Gasteiger partial charge in [-0.25, -0.2) is 6.57 Å². The number of hydrogen-bond acceptors (Lipinski definition) is 3. The summed E-state index contributed by atoms with van der Waals surface area (Å²) in [5.41, 5.74) is 0. The molecule has 0 N–H and O–H groups in total. The Morgan fingerprint density at radius 2 is 2.36 bits per heavy atom. The predicted molar refractivity (Wildman–Crippen MR) is 50.3 cm³/mol. The molecule has 0 radical (unpaired) electrons. The summed E-state index contributed by atoms with van der Waals surface area (Å²) in [6.45, 7) is 8.65. The number of carbonyl (C=O) groups excluding carboxylic acids is 1. The Hall–Kier alpha value is -1.08. The first-order valence-corrected chi connectivity index (χ1v) is 5.04. The van der Waals surface area contributed by atoms with Gasteiger partial charge in [0.15, 0.2) is 0 Å². The van der Waals surface area contributed by atoms with Crippen LogP contribution in [0.15, 0.2) is 0 Å². The van der Waals surface area contributed by atoms with Gasteiger partial charge in [0.05, 0.1) is 5.97 Å². The van der Waals surface area contributed by atoms with E-state index in [0.717, 1.165) is 25.8 Å². The van der Waals surface area contributed by atoms with Crippen molar-refractivity contribution < 1.29 is 9.90 Å². The number of aliphatic carboxylic acids is 1. The number of carboxylic acids is 1. The van der Waals surface area contributed by atoms with E-state index in [-0.39, 0.29) is 0 Å². The quantitative estimate of drug-likeness (QED) is 0.465. The third-order valence-corrected chi connectivity index (χ3v) is 2.60. The zero-order valence-electron chi connectivity index (χ0n) is 8.24. The van der Waals surface area contributed by atoms with Crippen LogP contribution in [-0.4, -0.2) is 36.5 Å². The summed E-state index contributed by atoms with van der Waals surface area (Å²) in [6, 6.07) is -0.422. The highest BCUT2D eigenvalue weighted by molar-refractivity contribution is 5.71. The number of nitrogens with zero attached hydrogens (tertiary/aromatic N) is 2. The van der Waals surface area contributed by atoms with E-state index in [4.69, 9.17) is 6.57 Å². The summed E-state index contributed by atoms with van der Waals surface area (Å²) in [5, 5.41) is 10.8. The van der Waals surface area contributed by atoms with Crippen LogP contribution in [0.2, 0.25) is 0 Å². The topological polar surface area (TPSA) is 47.7 Å². The van der Waals surface area contributed by atoms with Crippen molar-refractivity contribution in [3.8, 4) is 0 Å². The first-order chi connectivity index (χ1) is 6.75. The largest absolute Gasteiger partial charge is 0.548 e. The second kappa shape index (κ2) is 5.61. The SMILES string of the molecule is [C-]#[N+]CCCN1CCCCC1C(=O)[O-]. The van der Waals surface area contributed by atoms with Gasteiger partial charge in [-0.2, -0.15) is 0 Å². The monoisotopic (exact) mass is 195 g/mol. The van der Waals surface area contributed by atoms with E-state index >= 15 is 0 Å². The molecule has 78 valence electrons. The van der Waals surface area contributed by atoms with Crippen LogP contribution in [-0.2, 0) is 4.79 Å². The molecule has 1 atom stereocenters. The lowest BCUT2D eigenvalue weighted by molar-refractivity contribution is -0.312. The molecule has 4 heteroatoms. The van der Waals surface area contributed by atoms with Gasteiger partial charge in [0.2, 0.25) is 6.54 Å². The summed E-state index contributed by atoms with van der Waals surface area (Å²) in [6.07, 6.45) is 3.48. The van der Waals surface area contributed by atoms with Crippen molar-refractivity contribution >= 4 is 5.97 Å². The highest BCUT2D eigenvalue weighted by Gasteiger charge is 2.22. The molecule has 0 aromatic rings. The van der Waals surface area contributed by atoms with Gasteiger partial charge in [-0.05, 0) is 19.4 Å². The van der Waals surface area contributed by atoms with Crippen LogP contribution in [0.4, 0.5) is 0 Å². The maximum Gasteiger partial charge on any atom is 0.215 e. The molecule has 0 saturated carbocycles. The van der Waals surface area contributed by atoms with E-state index < -0.39 is 12.0 Å². The summed E-state index contributed by atoms with van der Waals surface area (Å²) < 4.78 is 0. The molecule has 0 bridgehead atoms. The van der Waals surface area contributed by atoms with Crippen LogP contribution >= 0.6 is 0 Å². The predicted octanol–water partition coefficient (Wildman–Crippen LogP) is -0.0998. The number of carboxylic acid groups (broad SMARTS) is 1. The molecular weight excluding hydrogens is 180 g/mol. The molecule has 0 aromatic heterocycles. The van der Waals surface area contributed by atoms with Gasteiger partial charge < -0.3 is 14.7 Å². The Morgan fingerprint density at radius 1 is 1.57 bits per heavy atom. The Bertz CT molecular complexity index is 235. The first-order valence-electron chi connectivity index (χ1n) is 5.04. The Morgan fingerprint density at radius 3 is 3.00 bits per heavy atom. The zero-order chi connectivity index (χ0) is 10.4. The highest BCUT2D eigenvalue weighted by Crippen LogP contribution is 2.16. The molecule has 0 aliphatic carbocycles. The van der Waals surface area contributed by atoms with Crippen molar-refractivity contribution in [1.82, 2.24) is 4.90 Å². The van der Waals surface area contributed by atoms with Crippen molar-refractivity contribution in [3.63, 3.8) is 0 Å². The molecule has 14 heavy (non-hydrogen) atoms. The van der Waals surface area contributed by atoms with Crippen LogP contribution in [0.1, 0.15) is 25.7 Å². The summed E-state index contributed by atoms with van der Waals surface area (Å²) >= 11 is 0. The summed E-state index contributed by atoms with van der Waals surface area (Å²) in [7, 11) is 0. The molecule has 1 rings (SSSR count). The molecule has 0 spiro atoms. The molecule has 0 amide bonds. The maximum atomic E-state index is 10.8. The Kier molecular flexibility index (Phi) is 4.41. The number of likely N-dealkylation sites (tertiary alicyclic amines) is 1. The minimum atomic E-state index is -0.965. The molecule has 1 heterocycles. The Balaban J connectivity index is 2.38. The van der Waals surface area contributed by atoms with Gasteiger partial charge in [-0.3, -0.25) is 4.90 Å². The number of rotatable bonds is 4. The van der Waals surface area contributed by atoms with Crippen LogP contribution in [0.25, 0.3) is 4.85 Å². The average Bonchev–Trinajstić information content (AvgIpc) is 2.19. The fourth-order valence-corrected chi connectivity index (χ4v) is 1.88. The number of carbonyl (C=O) groups is 1. The van der Waals surface area contributed by atoms with Crippen molar-refractivity contribution in [1.29, 1.82) is 0 Å². The molecular formula is C10H15N2O2-. The molecule has 1 aliphatic rings. The minimum absolute atomic E-state index is 0.422. The van der Waals surface area contributed by atoms with Gasteiger partial charge in [0, 0.05) is 19.0 Å². The second-order valence-electron chi connectivity index (χ2n) is 3.60. The molecule has 4 nitrogen and oxygen atoms in total. The van der Waals surface area contributed by atoms with Gasteiger partial charge >= 0.3 is 0 Å². The van der Waals surface area contributed by atoms with E-state index in [1.165, 1.54) is 0 Å². The van der Waals surface area contributed by atoms with Gasteiger partial charge in [-0.15, -0.1) is 0 Å². The normalized spacial score (nSPS) is 22.9. The molecule has 1 unspecified atom stereocenters. The third kappa shape index (κ3) is 3.00. The average molecular weight is 195 g/mol. The standard InChI is InChI=1S/C10H16N2O2/c1-11-6-4-8-12-7-3-2-5-9(12)10(13)14/h9H,2-8H2,(H,13,14)/p-1. The first kappa shape index (κ1) is 11.0.